The van der Waals surface area contributed by atoms with E-state index in [2.05, 4.69) is 17.4 Å². The molecule has 4 saturated carbocycles. The zero-order chi connectivity index (χ0) is 24.0. The van der Waals surface area contributed by atoms with Crippen molar-refractivity contribution < 1.29 is 14.3 Å². The number of hydrogen-bond acceptors (Lipinski definition) is 4. The molecule has 1 atom stereocenters. The Kier molecular flexibility index (Phi) is 5.93. The summed E-state index contributed by atoms with van der Waals surface area (Å²) >= 11 is 0. The number of ether oxygens (including phenoxy) is 1. The van der Waals surface area contributed by atoms with Gasteiger partial charge in [-0.25, -0.2) is 0 Å². The first-order valence-corrected chi connectivity index (χ1v) is 13.6. The number of benzene rings is 1. The minimum Gasteiger partial charge on any atom is -0.466 e. The van der Waals surface area contributed by atoms with Crippen LogP contribution in [0.4, 0.5) is 0 Å². The average Bonchev–Trinajstić information content (AvgIpc) is 3.21. The van der Waals surface area contributed by atoms with Gasteiger partial charge >= 0.3 is 5.97 Å². The highest BCUT2D eigenvalue weighted by molar-refractivity contribution is 5.96. The number of amides is 1. The molecule has 6 heteroatoms. The van der Waals surface area contributed by atoms with Crippen LogP contribution < -0.4 is 5.32 Å². The summed E-state index contributed by atoms with van der Waals surface area (Å²) in [5, 5.41) is 8.15. The van der Waals surface area contributed by atoms with E-state index in [0.717, 1.165) is 54.0 Å². The fourth-order valence-corrected chi connectivity index (χ4v) is 8.15. The molecule has 4 bridgehead atoms. The van der Waals surface area contributed by atoms with Crippen molar-refractivity contribution in [3.63, 3.8) is 0 Å². The Morgan fingerprint density at radius 1 is 1.09 bits per heavy atom. The maximum Gasteiger partial charge on any atom is 0.313 e. The monoisotopic (exact) mass is 475 g/mol. The number of nitrogens with one attached hydrogen (secondary N) is 1. The number of carbonyl (C=O) groups excluding carboxylic acids is 2. The van der Waals surface area contributed by atoms with Crippen molar-refractivity contribution in [3.8, 4) is 0 Å². The smallest absolute Gasteiger partial charge is 0.313 e. The first-order chi connectivity index (χ1) is 17.0. The van der Waals surface area contributed by atoms with Gasteiger partial charge in [0.2, 0.25) is 0 Å². The number of carbonyl (C=O) groups is 2. The van der Waals surface area contributed by atoms with Crippen molar-refractivity contribution in [2.45, 2.75) is 77.2 Å². The van der Waals surface area contributed by atoms with E-state index in [1.165, 1.54) is 38.5 Å². The second kappa shape index (κ2) is 9.11. The van der Waals surface area contributed by atoms with Gasteiger partial charge in [-0.05, 0) is 93.4 Å². The number of nitrogens with zero attached hydrogens (tertiary/aromatic N) is 2. The van der Waals surface area contributed by atoms with E-state index < -0.39 is 5.92 Å². The molecule has 1 heterocycles. The number of fused-ring (bicyclic) bond motifs is 1. The minimum atomic E-state index is -0.413. The predicted molar refractivity (Wildman–Crippen MR) is 133 cm³/mol. The van der Waals surface area contributed by atoms with Crippen LogP contribution >= 0.6 is 0 Å². The highest BCUT2D eigenvalue weighted by atomic mass is 16.5. The lowest BCUT2D eigenvalue weighted by Crippen LogP contribution is -2.51. The van der Waals surface area contributed by atoms with E-state index in [1.54, 1.807) is 0 Å². The summed E-state index contributed by atoms with van der Waals surface area (Å²) in [6.45, 7) is 3.51. The van der Waals surface area contributed by atoms with Crippen molar-refractivity contribution >= 4 is 11.9 Å². The Morgan fingerprint density at radius 2 is 1.77 bits per heavy atom. The third kappa shape index (κ3) is 4.30. The topological polar surface area (TPSA) is 73.2 Å². The lowest BCUT2D eigenvalue weighted by atomic mass is 9.49. The highest BCUT2D eigenvalue weighted by Gasteiger charge is 2.51. The molecule has 6 nitrogen and oxygen atoms in total. The molecule has 186 valence electrons. The number of aromatic nitrogens is 2. The van der Waals surface area contributed by atoms with Crippen molar-refractivity contribution in [1.29, 1.82) is 0 Å². The molecule has 4 fully saturated rings. The van der Waals surface area contributed by atoms with Gasteiger partial charge in [-0.1, -0.05) is 30.3 Å². The fourth-order valence-electron chi connectivity index (χ4n) is 8.15. The summed E-state index contributed by atoms with van der Waals surface area (Å²) in [7, 11) is 0. The van der Waals surface area contributed by atoms with Crippen LogP contribution in [0.3, 0.4) is 0 Å². The summed E-state index contributed by atoms with van der Waals surface area (Å²) in [6.07, 6.45) is 10.4. The molecule has 1 aromatic carbocycles. The Balaban J connectivity index is 1.28. The second-order valence-corrected chi connectivity index (χ2v) is 11.6. The number of hydrogen-bond donors (Lipinski definition) is 1. The molecule has 5 aliphatic rings. The average molecular weight is 476 g/mol. The van der Waals surface area contributed by atoms with Crippen molar-refractivity contribution in [2.24, 2.45) is 23.2 Å². The molecular formula is C29H37N3O3. The van der Waals surface area contributed by atoms with Crippen molar-refractivity contribution in [1.82, 2.24) is 15.1 Å². The van der Waals surface area contributed by atoms with Gasteiger partial charge in [0, 0.05) is 17.8 Å². The van der Waals surface area contributed by atoms with E-state index in [-0.39, 0.29) is 17.3 Å². The van der Waals surface area contributed by atoms with Gasteiger partial charge in [0.25, 0.3) is 5.91 Å². The summed E-state index contributed by atoms with van der Waals surface area (Å²) < 4.78 is 7.37. The quantitative estimate of drug-likeness (QED) is 0.581. The molecule has 1 amide bonds. The standard InChI is InChI=1S/C29H37N3O3/c1-2-35-28(34)23-9-6-10-24-25(23)26(31-32(24)17-19-7-4-3-5-8-19)27(33)30-18-29-14-20-11-21(15-29)13-22(12-20)16-29/h3-5,7-8,20-23H,2,6,9-18H2,1H3,(H,30,33). The van der Waals surface area contributed by atoms with E-state index in [0.29, 0.717) is 25.3 Å². The van der Waals surface area contributed by atoms with Gasteiger partial charge in [0.1, 0.15) is 0 Å². The molecule has 0 saturated heterocycles. The molecule has 0 spiro atoms. The van der Waals surface area contributed by atoms with Gasteiger partial charge in [-0.3, -0.25) is 14.3 Å². The van der Waals surface area contributed by atoms with Crippen LogP contribution in [-0.2, 0) is 22.5 Å². The van der Waals surface area contributed by atoms with Crippen LogP contribution in [0.25, 0.3) is 0 Å². The van der Waals surface area contributed by atoms with Gasteiger partial charge in [-0.2, -0.15) is 5.10 Å². The van der Waals surface area contributed by atoms with Crippen LogP contribution in [0, 0.1) is 23.2 Å². The van der Waals surface area contributed by atoms with E-state index in [1.807, 2.05) is 29.8 Å². The zero-order valence-electron chi connectivity index (χ0n) is 20.8. The molecule has 5 aliphatic carbocycles. The van der Waals surface area contributed by atoms with Crippen LogP contribution in [-0.4, -0.2) is 34.8 Å². The molecule has 1 aromatic heterocycles. The summed E-state index contributed by atoms with van der Waals surface area (Å²) in [5.41, 5.74) is 3.64. The van der Waals surface area contributed by atoms with Crippen LogP contribution in [0.2, 0.25) is 0 Å². The summed E-state index contributed by atoms with van der Waals surface area (Å²) in [6, 6.07) is 10.2. The molecule has 0 aliphatic heterocycles. The van der Waals surface area contributed by atoms with Crippen molar-refractivity contribution in [2.75, 3.05) is 13.2 Å². The Labute approximate surface area is 207 Å². The first-order valence-electron chi connectivity index (χ1n) is 13.6. The lowest BCUT2D eigenvalue weighted by molar-refractivity contribution is -0.145. The first kappa shape index (κ1) is 22.8. The third-order valence-electron chi connectivity index (χ3n) is 9.10. The maximum atomic E-state index is 13.7. The molecule has 1 unspecified atom stereocenters. The van der Waals surface area contributed by atoms with Gasteiger partial charge in [0.15, 0.2) is 5.69 Å². The fraction of sp³-hybridized carbons (Fsp3) is 0.621. The Hall–Kier alpha value is -2.63. The van der Waals surface area contributed by atoms with Gasteiger partial charge in [0.05, 0.1) is 19.1 Å². The molecular weight excluding hydrogens is 438 g/mol. The molecule has 2 aromatic rings. The number of esters is 1. The molecule has 7 rings (SSSR count). The largest absolute Gasteiger partial charge is 0.466 e. The van der Waals surface area contributed by atoms with Crippen LogP contribution in [0.1, 0.15) is 91.5 Å². The molecule has 35 heavy (non-hydrogen) atoms. The summed E-state index contributed by atoms with van der Waals surface area (Å²) in [5.74, 6) is 1.78. The molecule has 1 N–H and O–H groups in total. The van der Waals surface area contributed by atoms with Crippen LogP contribution in [0.15, 0.2) is 30.3 Å². The third-order valence-corrected chi connectivity index (χ3v) is 9.10. The second-order valence-electron chi connectivity index (χ2n) is 11.6. The van der Waals surface area contributed by atoms with Crippen LogP contribution in [0.5, 0.6) is 0 Å². The Bertz CT molecular complexity index is 1070. The predicted octanol–water partition coefficient (Wildman–Crippen LogP) is 4.86. The number of rotatable bonds is 7. The highest BCUT2D eigenvalue weighted by Crippen LogP contribution is 2.59. The van der Waals surface area contributed by atoms with E-state index >= 15 is 0 Å². The Morgan fingerprint density at radius 3 is 2.43 bits per heavy atom. The SMILES string of the molecule is CCOC(=O)C1CCCc2c1c(C(=O)NCC13CC4CC(CC(C4)C1)C3)nn2Cc1ccccc1. The zero-order valence-corrected chi connectivity index (χ0v) is 20.8. The lowest BCUT2D eigenvalue weighted by Gasteiger charge is -2.56. The van der Waals surface area contributed by atoms with E-state index in [9.17, 15) is 9.59 Å². The molecule has 0 radical (unpaired) electrons. The minimum absolute atomic E-state index is 0.125. The van der Waals surface area contributed by atoms with Gasteiger partial charge in [-0.15, -0.1) is 0 Å². The normalized spacial score (nSPS) is 30.7. The van der Waals surface area contributed by atoms with E-state index in [4.69, 9.17) is 9.84 Å². The maximum absolute atomic E-state index is 13.7. The van der Waals surface area contributed by atoms with Crippen molar-refractivity contribution in [3.05, 3.63) is 52.8 Å². The van der Waals surface area contributed by atoms with Gasteiger partial charge < -0.3 is 10.1 Å². The summed E-state index contributed by atoms with van der Waals surface area (Å²) in [4.78, 5) is 26.6.